The smallest absolute Gasteiger partial charge is 0.162 e. The molecule has 0 bridgehead atoms. The van der Waals surface area contributed by atoms with Crippen LogP contribution < -0.4 is 14.8 Å². The van der Waals surface area contributed by atoms with Crippen LogP contribution >= 0.6 is 34.8 Å². The number of nitrogens with zero attached hydrogens (tertiary/aromatic N) is 1. The summed E-state index contributed by atoms with van der Waals surface area (Å²) in [5.74, 6) is 1.24. The number of rotatable bonds is 5. The lowest BCUT2D eigenvalue weighted by molar-refractivity contribution is 0.198. The molecule has 2 aromatic rings. The number of methoxy groups -OCH3 is 2. The Morgan fingerprint density at radius 3 is 2.12 bits per heavy atom. The van der Waals surface area contributed by atoms with Crippen LogP contribution in [0.15, 0.2) is 30.3 Å². The number of halogens is 3. The summed E-state index contributed by atoms with van der Waals surface area (Å²) in [6.45, 7) is 3.59. The predicted octanol–water partition coefficient (Wildman–Crippen LogP) is 4.66. The monoisotopic (exact) mass is 414 g/mol. The molecule has 1 aliphatic rings. The van der Waals surface area contributed by atoms with Gasteiger partial charge in [0.05, 0.1) is 20.3 Å². The molecule has 4 nitrogen and oxygen atoms in total. The molecule has 1 N–H and O–H groups in total. The Morgan fingerprint density at radius 1 is 0.885 bits per heavy atom. The summed E-state index contributed by atoms with van der Waals surface area (Å²) < 4.78 is 10.9. The van der Waals surface area contributed by atoms with Gasteiger partial charge in [-0.05, 0) is 29.3 Å². The maximum atomic E-state index is 6.64. The van der Waals surface area contributed by atoms with Gasteiger partial charge in [0.25, 0.3) is 0 Å². The fraction of sp³-hybridized carbons (Fsp3) is 0.368. The predicted molar refractivity (Wildman–Crippen MR) is 107 cm³/mol. The van der Waals surface area contributed by atoms with Gasteiger partial charge in [0.2, 0.25) is 0 Å². The normalized spacial score (nSPS) is 16.3. The summed E-state index contributed by atoms with van der Waals surface area (Å²) in [6.07, 6.45) is 0. The van der Waals surface area contributed by atoms with Crippen molar-refractivity contribution in [2.24, 2.45) is 0 Å². The molecule has 140 valence electrons. The van der Waals surface area contributed by atoms with Gasteiger partial charge >= 0.3 is 0 Å². The van der Waals surface area contributed by atoms with Crippen LogP contribution in [0.4, 0.5) is 0 Å². The molecule has 0 radical (unpaired) electrons. The molecule has 1 aliphatic heterocycles. The first-order valence-electron chi connectivity index (χ1n) is 8.36. The van der Waals surface area contributed by atoms with E-state index in [0.717, 1.165) is 37.3 Å². The number of benzene rings is 2. The summed E-state index contributed by atoms with van der Waals surface area (Å²) in [4.78, 5) is 2.36. The molecule has 0 aliphatic carbocycles. The molecule has 3 rings (SSSR count). The van der Waals surface area contributed by atoms with Gasteiger partial charge in [-0.25, -0.2) is 0 Å². The Hall–Kier alpha value is -1.17. The molecule has 2 aromatic carbocycles. The number of hydrogen-bond donors (Lipinski definition) is 1. The number of piperazine rings is 1. The van der Waals surface area contributed by atoms with Gasteiger partial charge in [-0.3, -0.25) is 4.90 Å². The lowest BCUT2D eigenvalue weighted by atomic mass is 9.95. The highest BCUT2D eigenvalue weighted by atomic mass is 35.5. The topological polar surface area (TPSA) is 33.7 Å². The Balaban J connectivity index is 2.14. The molecule has 0 amide bonds. The minimum absolute atomic E-state index is 0.103. The van der Waals surface area contributed by atoms with Crippen molar-refractivity contribution in [2.45, 2.75) is 6.04 Å². The average molecular weight is 416 g/mol. The highest BCUT2D eigenvalue weighted by molar-refractivity contribution is 6.35. The van der Waals surface area contributed by atoms with Gasteiger partial charge in [0, 0.05) is 47.3 Å². The molecule has 7 heteroatoms. The standard InChI is InChI=1S/C19H21Cl3N2O2/c1-25-17-10-14(16(22)11-18(17)26-2)19(24-7-5-23-6-8-24)13-4-3-12(20)9-15(13)21/h3-4,9-11,19,23H,5-8H2,1-2H3. The Bertz CT molecular complexity index is 780. The van der Waals surface area contributed by atoms with Crippen LogP contribution in [0.25, 0.3) is 0 Å². The second-order valence-electron chi connectivity index (χ2n) is 6.08. The van der Waals surface area contributed by atoms with Gasteiger partial charge < -0.3 is 14.8 Å². The lowest BCUT2D eigenvalue weighted by Crippen LogP contribution is -2.45. The van der Waals surface area contributed by atoms with Gasteiger partial charge in [0.1, 0.15) is 0 Å². The maximum Gasteiger partial charge on any atom is 0.162 e. The van der Waals surface area contributed by atoms with Crippen LogP contribution in [-0.2, 0) is 0 Å². The van der Waals surface area contributed by atoms with E-state index in [4.69, 9.17) is 44.3 Å². The SMILES string of the molecule is COc1cc(Cl)c(C(c2ccc(Cl)cc2Cl)N2CCNCC2)cc1OC. The summed E-state index contributed by atoms with van der Waals surface area (Å²) in [7, 11) is 3.21. The molecule has 1 unspecified atom stereocenters. The zero-order valence-corrected chi connectivity index (χ0v) is 17.0. The number of nitrogens with one attached hydrogen (secondary N) is 1. The van der Waals surface area contributed by atoms with Crippen LogP contribution in [0.3, 0.4) is 0 Å². The Kier molecular flexibility index (Phi) is 6.54. The van der Waals surface area contributed by atoms with E-state index in [-0.39, 0.29) is 6.04 Å². The quantitative estimate of drug-likeness (QED) is 0.770. The Labute approximate surface area is 168 Å². The average Bonchev–Trinajstić information content (AvgIpc) is 2.65. The zero-order chi connectivity index (χ0) is 18.7. The first-order valence-corrected chi connectivity index (χ1v) is 9.49. The van der Waals surface area contributed by atoms with Crippen molar-refractivity contribution >= 4 is 34.8 Å². The van der Waals surface area contributed by atoms with E-state index in [2.05, 4.69) is 10.2 Å². The zero-order valence-electron chi connectivity index (χ0n) is 14.7. The maximum absolute atomic E-state index is 6.64. The lowest BCUT2D eigenvalue weighted by Gasteiger charge is -2.36. The van der Waals surface area contributed by atoms with Gasteiger partial charge in [-0.15, -0.1) is 0 Å². The second-order valence-corrected chi connectivity index (χ2v) is 7.33. The first kappa shape index (κ1) is 19.6. The summed E-state index contributed by atoms with van der Waals surface area (Å²) in [5.41, 5.74) is 1.89. The molecule has 1 saturated heterocycles. The van der Waals surface area contributed by atoms with Crippen LogP contribution in [0.1, 0.15) is 17.2 Å². The van der Waals surface area contributed by atoms with Crippen LogP contribution in [0, 0.1) is 0 Å². The molecule has 0 aromatic heterocycles. The summed E-state index contributed by atoms with van der Waals surface area (Å²) in [6, 6.07) is 9.20. The van der Waals surface area contributed by atoms with E-state index in [1.807, 2.05) is 18.2 Å². The van der Waals surface area contributed by atoms with Crippen LogP contribution in [0.2, 0.25) is 15.1 Å². The highest BCUT2D eigenvalue weighted by Crippen LogP contribution is 2.42. The second kappa shape index (κ2) is 8.68. The highest BCUT2D eigenvalue weighted by Gasteiger charge is 2.28. The van der Waals surface area contributed by atoms with Crippen molar-refractivity contribution in [3.63, 3.8) is 0 Å². The molecular formula is C19H21Cl3N2O2. The number of hydrogen-bond acceptors (Lipinski definition) is 4. The number of ether oxygens (including phenoxy) is 2. The minimum Gasteiger partial charge on any atom is -0.493 e. The molecule has 26 heavy (non-hydrogen) atoms. The largest absolute Gasteiger partial charge is 0.493 e. The van der Waals surface area contributed by atoms with E-state index in [1.165, 1.54) is 0 Å². The third-order valence-corrected chi connectivity index (χ3v) is 5.46. The molecule has 0 saturated carbocycles. The van der Waals surface area contributed by atoms with Crippen LogP contribution in [0.5, 0.6) is 11.5 Å². The van der Waals surface area contributed by atoms with Crippen molar-refractivity contribution in [1.29, 1.82) is 0 Å². The van der Waals surface area contributed by atoms with E-state index >= 15 is 0 Å². The summed E-state index contributed by atoms with van der Waals surface area (Å²) >= 11 is 19.3. The third-order valence-electron chi connectivity index (χ3n) is 4.57. The van der Waals surface area contributed by atoms with E-state index in [1.54, 1.807) is 26.4 Å². The molecule has 1 atom stereocenters. The van der Waals surface area contributed by atoms with Gasteiger partial charge in [0.15, 0.2) is 11.5 Å². The van der Waals surface area contributed by atoms with Crippen molar-refractivity contribution in [3.05, 3.63) is 56.5 Å². The van der Waals surface area contributed by atoms with E-state index < -0.39 is 0 Å². The van der Waals surface area contributed by atoms with Crippen molar-refractivity contribution in [3.8, 4) is 11.5 Å². The van der Waals surface area contributed by atoms with Crippen molar-refractivity contribution in [2.75, 3.05) is 40.4 Å². The minimum atomic E-state index is -0.103. The fourth-order valence-electron chi connectivity index (χ4n) is 3.30. The van der Waals surface area contributed by atoms with Gasteiger partial charge in [-0.1, -0.05) is 40.9 Å². The van der Waals surface area contributed by atoms with E-state index in [0.29, 0.717) is 26.6 Å². The fourth-order valence-corrected chi connectivity index (χ4v) is 4.07. The van der Waals surface area contributed by atoms with Gasteiger partial charge in [-0.2, -0.15) is 0 Å². The molecule has 1 heterocycles. The van der Waals surface area contributed by atoms with Crippen LogP contribution in [-0.4, -0.2) is 45.3 Å². The Morgan fingerprint density at radius 2 is 1.50 bits per heavy atom. The molecule has 1 fully saturated rings. The molecule has 0 spiro atoms. The van der Waals surface area contributed by atoms with E-state index in [9.17, 15) is 0 Å². The first-order chi connectivity index (χ1) is 12.5. The summed E-state index contributed by atoms with van der Waals surface area (Å²) in [5, 5.41) is 5.21. The molecular weight excluding hydrogens is 395 g/mol. The van der Waals surface area contributed by atoms with Crippen molar-refractivity contribution < 1.29 is 9.47 Å². The van der Waals surface area contributed by atoms with Crippen molar-refractivity contribution in [1.82, 2.24) is 10.2 Å². The third kappa shape index (κ3) is 4.05.